The predicted molar refractivity (Wildman–Crippen MR) is 112 cm³/mol. The van der Waals surface area contributed by atoms with Crippen molar-refractivity contribution in [2.45, 2.75) is 0 Å². The number of para-hydroxylation sites is 1. The average Bonchev–Trinajstić information content (AvgIpc) is 2.73. The van der Waals surface area contributed by atoms with Crippen LogP contribution in [0.4, 0.5) is 25.8 Å². The van der Waals surface area contributed by atoms with Crippen LogP contribution in [-0.2, 0) is 9.59 Å². The number of hydrogen-bond donors (Lipinski definition) is 3. The van der Waals surface area contributed by atoms with Crippen LogP contribution in [0.15, 0.2) is 71.8 Å². The van der Waals surface area contributed by atoms with Crippen LogP contribution in [0.25, 0.3) is 0 Å². The molecule has 3 aromatic rings. The van der Waals surface area contributed by atoms with Crippen molar-refractivity contribution in [1.29, 1.82) is 0 Å². The molecule has 0 aliphatic carbocycles. The van der Waals surface area contributed by atoms with Gasteiger partial charge in [0.05, 0.1) is 11.9 Å². The Kier molecular flexibility index (Phi) is 6.71. The summed E-state index contributed by atoms with van der Waals surface area (Å²) in [5.41, 5.74) is 3.52. The molecular formula is C21H15ClF2N4O2. The predicted octanol–water partition coefficient (Wildman–Crippen LogP) is 4.45. The van der Waals surface area contributed by atoms with E-state index in [2.05, 4.69) is 21.2 Å². The molecule has 3 aromatic carbocycles. The number of rotatable bonds is 5. The van der Waals surface area contributed by atoms with Gasteiger partial charge in [-0.25, -0.2) is 14.2 Å². The normalized spacial score (nSPS) is 10.6. The first-order valence-electron chi connectivity index (χ1n) is 8.63. The summed E-state index contributed by atoms with van der Waals surface area (Å²) in [5, 5.41) is 9.37. The Labute approximate surface area is 175 Å². The van der Waals surface area contributed by atoms with Gasteiger partial charge in [-0.3, -0.25) is 9.59 Å². The Hall–Kier alpha value is -3.78. The standard InChI is InChI=1S/C21H15ClF2N4O2/c22-14-5-10-18(27-19-4-2-1-3-17(19)24)13(11-14)12-25-28-21(30)20(29)26-16-8-6-15(23)7-9-16/h1-12,27H,(H,26,29)(H,28,30)/b25-12-. The topological polar surface area (TPSA) is 82.6 Å². The van der Waals surface area contributed by atoms with Crippen molar-refractivity contribution in [2.24, 2.45) is 5.10 Å². The fourth-order valence-electron chi connectivity index (χ4n) is 2.39. The molecule has 30 heavy (non-hydrogen) atoms. The van der Waals surface area contributed by atoms with E-state index in [1.54, 1.807) is 36.4 Å². The summed E-state index contributed by atoms with van der Waals surface area (Å²) in [6.45, 7) is 0. The molecule has 0 saturated heterocycles. The second-order valence-corrected chi connectivity index (χ2v) is 6.43. The molecule has 0 atom stereocenters. The number of halogens is 3. The summed E-state index contributed by atoms with van der Waals surface area (Å²) < 4.78 is 26.8. The van der Waals surface area contributed by atoms with Crippen LogP contribution in [0.1, 0.15) is 5.56 Å². The zero-order valence-corrected chi connectivity index (χ0v) is 16.1. The van der Waals surface area contributed by atoms with E-state index < -0.39 is 23.4 Å². The fraction of sp³-hybridized carbons (Fsp3) is 0. The van der Waals surface area contributed by atoms with Crippen LogP contribution in [0, 0.1) is 11.6 Å². The zero-order chi connectivity index (χ0) is 21.5. The van der Waals surface area contributed by atoms with Gasteiger partial charge in [0, 0.05) is 22.0 Å². The zero-order valence-electron chi connectivity index (χ0n) is 15.3. The minimum atomic E-state index is -1.03. The molecule has 0 aliphatic heterocycles. The second kappa shape index (κ2) is 9.62. The lowest BCUT2D eigenvalue weighted by Gasteiger charge is -2.10. The van der Waals surface area contributed by atoms with E-state index in [9.17, 15) is 18.4 Å². The quantitative estimate of drug-likeness (QED) is 0.319. The number of carbonyl (C=O) groups is 2. The molecule has 3 N–H and O–H groups in total. The Morgan fingerprint density at radius 3 is 2.37 bits per heavy atom. The van der Waals surface area contributed by atoms with Gasteiger partial charge < -0.3 is 10.6 Å². The highest BCUT2D eigenvalue weighted by atomic mass is 35.5. The van der Waals surface area contributed by atoms with E-state index in [1.807, 2.05) is 0 Å². The number of hydrogen-bond acceptors (Lipinski definition) is 4. The Bertz CT molecular complexity index is 1100. The van der Waals surface area contributed by atoms with Crippen LogP contribution in [0.5, 0.6) is 0 Å². The van der Waals surface area contributed by atoms with E-state index in [0.29, 0.717) is 16.3 Å². The number of amides is 2. The monoisotopic (exact) mass is 428 g/mol. The molecule has 152 valence electrons. The smallest absolute Gasteiger partial charge is 0.329 e. The van der Waals surface area contributed by atoms with Crippen molar-refractivity contribution >= 4 is 46.7 Å². The fourth-order valence-corrected chi connectivity index (χ4v) is 2.57. The lowest BCUT2D eigenvalue weighted by Crippen LogP contribution is -2.32. The number of hydrazone groups is 1. The highest BCUT2D eigenvalue weighted by molar-refractivity contribution is 6.39. The third-order valence-electron chi connectivity index (χ3n) is 3.83. The molecule has 6 nitrogen and oxygen atoms in total. The first-order chi connectivity index (χ1) is 14.4. The van der Waals surface area contributed by atoms with Crippen molar-refractivity contribution in [2.75, 3.05) is 10.6 Å². The third kappa shape index (κ3) is 5.62. The summed E-state index contributed by atoms with van der Waals surface area (Å²) in [7, 11) is 0. The van der Waals surface area contributed by atoms with Crippen LogP contribution in [-0.4, -0.2) is 18.0 Å². The number of anilines is 3. The van der Waals surface area contributed by atoms with Crippen molar-refractivity contribution in [1.82, 2.24) is 5.43 Å². The van der Waals surface area contributed by atoms with E-state index in [-0.39, 0.29) is 11.4 Å². The van der Waals surface area contributed by atoms with Gasteiger partial charge >= 0.3 is 11.8 Å². The lowest BCUT2D eigenvalue weighted by atomic mass is 10.2. The summed E-state index contributed by atoms with van der Waals surface area (Å²) in [5.74, 6) is -2.92. The number of carbonyl (C=O) groups excluding carboxylic acids is 2. The lowest BCUT2D eigenvalue weighted by molar-refractivity contribution is -0.136. The van der Waals surface area contributed by atoms with Crippen molar-refractivity contribution < 1.29 is 18.4 Å². The van der Waals surface area contributed by atoms with Gasteiger partial charge in [-0.05, 0) is 54.6 Å². The van der Waals surface area contributed by atoms with Crippen molar-refractivity contribution in [3.05, 3.63) is 89.0 Å². The summed E-state index contributed by atoms with van der Waals surface area (Å²) >= 11 is 6.00. The SMILES string of the molecule is O=C(N/N=C\c1cc(Cl)ccc1Nc1ccccc1F)C(=O)Nc1ccc(F)cc1. The summed E-state index contributed by atoms with van der Waals surface area (Å²) in [4.78, 5) is 23.8. The first kappa shape index (κ1) is 20.9. The number of nitrogens with zero attached hydrogens (tertiary/aromatic N) is 1. The maximum Gasteiger partial charge on any atom is 0.329 e. The number of benzene rings is 3. The van der Waals surface area contributed by atoms with Gasteiger partial charge in [0.25, 0.3) is 0 Å². The minimum absolute atomic E-state index is 0.247. The van der Waals surface area contributed by atoms with Gasteiger partial charge in [0.15, 0.2) is 0 Å². The minimum Gasteiger partial charge on any atom is -0.353 e. The van der Waals surface area contributed by atoms with Gasteiger partial charge in [0.1, 0.15) is 11.6 Å². The highest BCUT2D eigenvalue weighted by Gasteiger charge is 2.13. The van der Waals surface area contributed by atoms with Crippen LogP contribution in [0.2, 0.25) is 5.02 Å². The largest absolute Gasteiger partial charge is 0.353 e. The van der Waals surface area contributed by atoms with E-state index in [1.165, 1.54) is 24.4 Å². The third-order valence-corrected chi connectivity index (χ3v) is 4.07. The van der Waals surface area contributed by atoms with E-state index in [0.717, 1.165) is 12.1 Å². The molecule has 0 saturated carbocycles. The maximum atomic E-state index is 13.9. The second-order valence-electron chi connectivity index (χ2n) is 6.00. The van der Waals surface area contributed by atoms with Crippen molar-refractivity contribution in [3.63, 3.8) is 0 Å². The summed E-state index contributed by atoms with van der Waals surface area (Å²) in [6, 6.07) is 15.8. The van der Waals surface area contributed by atoms with Crippen LogP contribution < -0.4 is 16.1 Å². The number of nitrogens with one attached hydrogen (secondary N) is 3. The van der Waals surface area contributed by atoms with Gasteiger partial charge in [-0.1, -0.05) is 23.7 Å². The Morgan fingerprint density at radius 1 is 0.900 bits per heavy atom. The molecule has 0 radical (unpaired) electrons. The van der Waals surface area contributed by atoms with Crippen LogP contribution >= 0.6 is 11.6 Å². The highest BCUT2D eigenvalue weighted by Crippen LogP contribution is 2.24. The van der Waals surface area contributed by atoms with Gasteiger partial charge in [-0.2, -0.15) is 5.10 Å². The molecule has 2 amide bonds. The molecule has 0 bridgehead atoms. The Balaban J connectivity index is 1.67. The van der Waals surface area contributed by atoms with E-state index in [4.69, 9.17) is 11.6 Å². The summed E-state index contributed by atoms with van der Waals surface area (Å²) in [6.07, 6.45) is 1.26. The maximum absolute atomic E-state index is 13.9. The molecule has 0 heterocycles. The molecule has 3 rings (SSSR count). The molecule has 0 fully saturated rings. The van der Waals surface area contributed by atoms with Crippen molar-refractivity contribution in [3.8, 4) is 0 Å². The molecule has 0 unspecified atom stereocenters. The average molecular weight is 429 g/mol. The van der Waals surface area contributed by atoms with Gasteiger partial charge in [-0.15, -0.1) is 0 Å². The first-order valence-corrected chi connectivity index (χ1v) is 9.01. The molecule has 0 aliphatic rings. The molecule has 0 aromatic heterocycles. The van der Waals surface area contributed by atoms with Gasteiger partial charge in [0.2, 0.25) is 0 Å². The molecule has 9 heteroatoms. The molecule has 0 spiro atoms. The Morgan fingerprint density at radius 2 is 1.63 bits per heavy atom. The molecular weight excluding hydrogens is 414 g/mol. The van der Waals surface area contributed by atoms with E-state index >= 15 is 0 Å². The van der Waals surface area contributed by atoms with Crippen LogP contribution in [0.3, 0.4) is 0 Å².